The van der Waals surface area contributed by atoms with E-state index in [2.05, 4.69) is 5.32 Å². The fraction of sp³-hybridized carbons (Fsp3) is 0.467. The van der Waals surface area contributed by atoms with Gasteiger partial charge >= 0.3 is 0 Å². The molecule has 0 fully saturated rings. The molecule has 20 heavy (non-hydrogen) atoms. The van der Waals surface area contributed by atoms with Crippen molar-refractivity contribution in [1.29, 1.82) is 0 Å². The number of hydrogen-bond acceptors (Lipinski definition) is 2. The second-order valence-corrected chi connectivity index (χ2v) is 5.04. The van der Waals surface area contributed by atoms with E-state index in [4.69, 9.17) is 0 Å². The van der Waals surface area contributed by atoms with Crippen molar-refractivity contribution in [2.75, 3.05) is 6.54 Å². The minimum absolute atomic E-state index is 0.225. The smallest absolute Gasteiger partial charge is 0.260 e. The Kier molecular flexibility index (Phi) is 4.16. The average molecular weight is 281 g/mol. The van der Waals surface area contributed by atoms with E-state index in [1.807, 2.05) is 6.92 Å². The number of carbonyl (C=O) groups excluding carboxylic acids is 2. The molecule has 2 rings (SSSR count). The van der Waals surface area contributed by atoms with Gasteiger partial charge in [-0.2, -0.15) is 0 Å². The molecular formula is C15H17F2NO2. The molecule has 1 aromatic rings. The van der Waals surface area contributed by atoms with Crippen molar-refractivity contribution in [3.63, 3.8) is 0 Å². The summed E-state index contributed by atoms with van der Waals surface area (Å²) < 4.78 is 27.0. The predicted octanol–water partition coefficient (Wildman–Crippen LogP) is 2.59. The number of benzene rings is 1. The van der Waals surface area contributed by atoms with Gasteiger partial charge in [-0.1, -0.05) is 37.6 Å². The van der Waals surface area contributed by atoms with Gasteiger partial charge in [-0.05, 0) is 12.0 Å². The lowest BCUT2D eigenvalue weighted by molar-refractivity contribution is -0.135. The van der Waals surface area contributed by atoms with Crippen LogP contribution in [0, 0.1) is 5.41 Å². The normalized spacial score (nSPS) is 21.1. The fourth-order valence-corrected chi connectivity index (χ4v) is 2.51. The zero-order valence-corrected chi connectivity index (χ0v) is 11.3. The highest BCUT2D eigenvalue weighted by atomic mass is 19.3. The Labute approximate surface area is 116 Å². The van der Waals surface area contributed by atoms with Gasteiger partial charge < -0.3 is 5.32 Å². The maximum absolute atomic E-state index is 13.5. The number of ketones is 1. The van der Waals surface area contributed by atoms with E-state index in [9.17, 15) is 18.4 Å². The predicted molar refractivity (Wildman–Crippen MR) is 70.8 cm³/mol. The lowest BCUT2D eigenvalue weighted by atomic mass is 9.83. The Hall–Kier alpha value is -1.78. The van der Waals surface area contributed by atoms with Gasteiger partial charge in [0.1, 0.15) is 0 Å². The summed E-state index contributed by atoms with van der Waals surface area (Å²) in [4.78, 5) is 24.4. The van der Waals surface area contributed by atoms with Gasteiger partial charge in [0, 0.05) is 18.5 Å². The molecule has 1 aliphatic carbocycles. The van der Waals surface area contributed by atoms with Crippen LogP contribution in [-0.2, 0) is 11.2 Å². The van der Waals surface area contributed by atoms with Gasteiger partial charge in [0.25, 0.3) is 6.43 Å². The molecule has 0 saturated carbocycles. The molecular weight excluding hydrogens is 264 g/mol. The molecule has 1 atom stereocenters. The number of halogens is 2. The second-order valence-electron chi connectivity index (χ2n) is 5.04. The van der Waals surface area contributed by atoms with Gasteiger partial charge in [-0.15, -0.1) is 0 Å². The third kappa shape index (κ3) is 2.21. The molecule has 0 spiro atoms. The summed E-state index contributed by atoms with van der Waals surface area (Å²) >= 11 is 0. The van der Waals surface area contributed by atoms with Crippen LogP contribution < -0.4 is 5.32 Å². The molecule has 1 unspecified atom stereocenters. The summed E-state index contributed by atoms with van der Waals surface area (Å²) in [5.41, 5.74) is -1.50. The summed E-state index contributed by atoms with van der Waals surface area (Å²) in [5.74, 6) is -1.63. The van der Waals surface area contributed by atoms with Gasteiger partial charge in [0.2, 0.25) is 5.91 Å². The molecule has 108 valence electrons. The monoisotopic (exact) mass is 281 g/mol. The quantitative estimate of drug-likeness (QED) is 0.666. The Balaban J connectivity index is 2.30. The van der Waals surface area contributed by atoms with Gasteiger partial charge in [0.15, 0.2) is 11.2 Å². The van der Waals surface area contributed by atoms with Crippen molar-refractivity contribution >= 4 is 11.7 Å². The number of hydrogen-bond donors (Lipinski definition) is 1. The molecule has 5 heteroatoms. The maximum Gasteiger partial charge on any atom is 0.260 e. The van der Waals surface area contributed by atoms with Crippen LogP contribution in [0.15, 0.2) is 24.3 Å². The number of alkyl halides is 2. The maximum atomic E-state index is 13.5. The minimum atomic E-state index is -3.01. The molecule has 0 heterocycles. The molecule has 1 aromatic carbocycles. The number of rotatable bonds is 5. The van der Waals surface area contributed by atoms with Gasteiger partial charge in [-0.3, -0.25) is 9.59 Å². The van der Waals surface area contributed by atoms with E-state index in [1.54, 1.807) is 18.2 Å². The highest BCUT2D eigenvalue weighted by molar-refractivity contribution is 6.17. The first kappa shape index (κ1) is 14.6. The highest BCUT2D eigenvalue weighted by Gasteiger charge is 2.57. The molecule has 0 aromatic heterocycles. The lowest BCUT2D eigenvalue weighted by Gasteiger charge is -2.25. The van der Waals surface area contributed by atoms with Crippen LogP contribution in [0.2, 0.25) is 0 Å². The second kappa shape index (κ2) is 5.69. The lowest BCUT2D eigenvalue weighted by Crippen LogP contribution is -2.50. The molecule has 0 radical (unpaired) electrons. The van der Waals surface area contributed by atoms with Gasteiger partial charge in [0.05, 0.1) is 0 Å². The van der Waals surface area contributed by atoms with Crippen LogP contribution in [-0.4, -0.2) is 24.7 Å². The molecule has 3 nitrogen and oxygen atoms in total. The average Bonchev–Trinajstić information content (AvgIpc) is 2.74. The first-order valence-electron chi connectivity index (χ1n) is 6.73. The number of Topliss-reactive ketones (excluding diaryl/α,β-unsaturated/α-hetero) is 1. The molecule has 1 aliphatic rings. The number of fused-ring (bicyclic) bond motifs is 1. The zero-order valence-electron chi connectivity index (χ0n) is 11.3. The highest BCUT2D eigenvalue weighted by Crippen LogP contribution is 2.41. The molecule has 0 aliphatic heterocycles. The van der Waals surface area contributed by atoms with Crippen molar-refractivity contribution in [1.82, 2.24) is 5.32 Å². The van der Waals surface area contributed by atoms with Gasteiger partial charge in [-0.25, -0.2) is 8.78 Å². The summed E-state index contributed by atoms with van der Waals surface area (Å²) in [5, 5.41) is 2.47. The Morgan fingerprint density at radius 3 is 2.70 bits per heavy atom. The van der Waals surface area contributed by atoms with Crippen LogP contribution in [0.25, 0.3) is 0 Å². The number of unbranched alkanes of at least 4 members (excludes halogenated alkanes) is 1. The van der Waals surface area contributed by atoms with Crippen LogP contribution in [0.1, 0.15) is 35.7 Å². The molecule has 0 saturated heterocycles. The number of nitrogens with one attached hydrogen (secondary N) is 1. The Bertz CT molecular complexity index is 530. The third-order valence-electron chi connectivity index (χ3n) is 3.73. The first-order valence-corrected chi connectivity index (χ1v) is 6.73. The van der Waals surface area contributed by atoms with E-state index in [1.165, 1.54) is 6.07 Å². The van der Waals surface area contributed by atoms with Crippen molar-refractivity contribution in [3.05, 3.63) is 35.4 Å². The fourth-order valence-electron chi connectivity index (χ4n) is 2.51. The summed E-state index contributed by atoms with van der Waals surface area (Å²) in [6.07, 6.45) is -1.69. The van der Waals surface area contributed by atoms with E-state index >= 15 is 0 Å². The van der Waals surface area contributed by atoms with E-state index in [0.717, 1.165) is 6.42 Å². The minimum Gasteiger partial charge on any atom is -0.355 e. The van der Waals surface area contributed by atoms with Crippen molar-refractivity contribution in [3.8, 4) is 0 Å². The SMILES string of the molecule is CCCCNC(=O)C1(C(F)F)Cc2ccccc2C1=O. The van der Waals surface area contributed by atoms with Crippen LogP contribution in [0.3, 0.4) is 0 Å². The molecule has 0 bridgehead atoms. The Morgan fingerprint density at radius 1 is 1.40 bits per heavy atom. The summed E-state index contributed by atoms with van der Waals surface area (Å²) in [6.45, 7) is 2.25. The summed E-state index contributed by atoms with van der Waals surface area (Å²) in [7, 11) is 0. The zero-order chi connectivity index (χ0) is 14.8. The largest absolute Gasteiger partial charge is 0.355 e. The van der Waals surface area contributed by atoms with Crippen molar-refractivity contribution < 1.29 is 18.4 Å². The number of carbonyl (C=O) groups is 2. The standard InChI is InChI=1S/C15H17F2NO2/c1-2-3-8-18-14(20)15(13(16)17)9-10-6-4-5-7-11(10)12(15)19/h4-7,13H,2-3,8-9H2,1H3,(H,18,20). The van der Waals surface area contributed by atoms with Crippen LogP contribution >= 0.6 is 0 Å². The molecule has 1 amide bonds. The van der Waals surface area contributed by atoms with E-state index in [0.29, 0.717) is 18.5 Å². The van der Waals surface area contributed by atoms with E-state index < -0.39 is 23.5 Å². The number of amides is 1. The topological polar surface area (TPSA) is 46.2 Å². The van der Waals surface area contributed by atoms with Crippen LogP contribution in [0.4, 0.5) is 8.78 Å². The first-order chi connectivity index (χ1) is 9.54. The van der Waals surface area contributed by atoms with Crippen molar-refractivity contribution in [2.45, 2.75) is 32.6 Å². The third-order valence-corrected chi connectivity index (χ3v) is 3.73. The van der Waals surface area contributed by atoms with Crippen molar-refractivity contribution in [2.24, 2.45) is 5.41 Å². The molecule has 1 N–H and O–H groups in total. The van der Waals surface area contributed by atoms with Crippen LogP contribution in [0.5, 0.6) is 0 Å². The van der Waals surface area contributed by atoms with E-state index in [-0.39, 0.29) is 12.0 Å². The summed E-state index contributed by atoms with van der Waals surface area (Å²) in [6, 6.07) is 6.42. The Morgan fingerprint density at radius 2 is 2.10 bits per heavy atom.